The van der Waals surface area contributed by atoms with E-state index >= 15 is 0 Å². The van der Waals surface area contributed by atoms with Crippen LogP contribution >= 0.6 is 24.0 Å². The fraction of sp³-hybridized carbons (Fsp3) is 0.480. The van der Waals surface area contributed by atoms with Crippen molar-refractivity contribution in [3.05, 3.63) is 65.2 Å². The van der Waals surface area contributed by atoms with Gasteiger partial charge in [-0.3, -0.25) is 4.99 Å². The number of halogens is 1. The fourth-order valence-corrected chi connectivity index (χ4v) is 4.82. The minimum absolute atomic E-state index is 0. The molecule has 1 aliphatic carbocycles. The number of ether oxygens (including phenoxy) is 1. The van der Waals surface area contributed by atoms with Crippen molar-refractivity contribution in [1.29, 1.82) is 0 Å². The van der Waals surface area contributed by atoms with Crippen LogP contribution in [0, 0.1) is 0 Å². The van der Waals surface area contributed by atoms with Crippen molar-refractivity contribution in [3.63, 3.8) is 0 Å². The first-order valence-electron chi connectivity index (χ1n) is 11.0. The summed E-state index contributed by atoms with van der Waals surface area (Å²) in [5.41, 5.74) is 3.79. The number of para-hydroxylation sites is 1. The number of fused-ring (bicyclic) bond motifs is 1. The maximum absolute atomic E-state index is 6.50. The third kappa shape index (κ3) is 5.92. The van der Waals surface area contributed by atoms with Gasteiger partial charge >= 0.3 is 0 Å². The molecule has 1 heterocycles. The van der Waals surface area contributed by atoms with Crippen molar-refractivity contribution in [2.45, 2.75) is 56.8 Å². The highest BCUT2D eigenvalue weighted by Gasteiger charge is 2.43. The highest BCUT2D eigenvalue weighted by atomic mass is 127. The van der Waals surface area contributed by atoms with E-state index in [1.807, 2.05) is 7.05 Å². The maximum atomic E-state index is 6.50. The van der Waals surface area contributed by atoms with E-state index in [4.69, 9.17) is 4.74 Å². The minimum Gasteiger partial charge on any atom is -0.487 e. The van der Waals surface area contributed by atoms with Crippen LogP contribution in [0.25, 0.3) is 0 Å². The van der Waals surface area contributed by atoms with Gasteiger partial charge in [-0.2, -0.15) is 0 Å². The van der Waals surface area contributed by atoms with E-state index in [0.29, 0.717) is 0 Å². The molecule has 168 valence electrons. The van der Waals surface area contributed by atoms with Gasteiger partial charge in [-0.15, -0.1) is 24.0 Å². The Morgan fingerprint density at radius 1 is 1.10 bits per heavy atom. The molecule has 1 spiro atoms. The Morgan fingerprint density at radius 2 is 1.84 bits per heavy atom. The molecule has 0 amide bonds. The molecule has 1 fully saturated rings. The number of aliphatic imine (C=N–C) groups is 1. The largest absolute Gasteiger partial charge is 0.487 e. The highest BCUT2D eigenvalue weighted by Crippen LogP contribution is 2.46. The zero-order valence-corrected chi connectivity index (χ0v) is 21.2. The topological polar surface area (TPSA) is 48.9 Å². The summed E-state index contributed by atoms with van der Waals surface area (Å²) in [5, 5.41) is 7.19. The van der Waals surface area contributed by atoms with Crippen LogP contribution < -0.4 is 15.4 Å². The predicted octanol–water partition coefficient (Wildman–Crippen LogP) is 4.87. The first kappa shape index (κ1) is 23.9. The van der Waals surface area contributed by atoms with Crippen molar-refractivity contribution in [2.75, 3.05) is 21.1 Å². The van der Waals surface area contributed by atoms with Gasteiger partial charge in [-0.25, -0.2) is 0 Å². The second-order valence-corrected chi connectivity index (χ2v) is 8.91. The summed E-state index contributed by atoms with van der Waals surface area (Å²) in [5.74, 6) is 1.86. The van der Waals surface area contributed by atoms with Crippen LogP contribution in [-0.2, 0) is 13.1 Å². The van der Waals surface area contributed by atoms with Gasteiger partial charge in [-0.1, -0.05) is 42.5 Å². The molecule has 5 nitrogen and oxygen atoms in total. The van der Waals surface area contributed by atoms with Crippen LogP contribution in [0.15, 0.2) is 53.5 Å². The van der Waals surface area contributed by atoms with Crippen LogP contribution in [0.1, 0.15) is 54.8 Å². The number of nitrogens with zero attached hydrogens (tertiary/aromatic N) is 2. The molecule has 1 unspecified atom stereocenters. The lowest BCUT2D eigenvalue weighted by molar-refractivity contribution is 0.0396. The van der Waals surface area contributed by atoms with Crippen LogP contribution in [0.3, 0.4) is 0 Å². The van der Waals surface area contributed by atoms with Crippen molar-refractivity contribution < 1.29 is 4.74 Å². The van der Waals surface area contributed by atoms with Gasteiger partial charge in [-0.05, 0) is 57.0 Å². The molecule has 1 atom stereocenters. The Balaban J connectivity index is 0.00000272. The summed E-state index contributed by atoms with van der Waals surface area (Å²) in [6.45, 7) is 1.69. The van der Waals surface area contributed by atoms with E-state index < -0.39 is 0 Å². The second-order valence-electron chi connectivity index (χ2n) is 8.91. The first-order chi connectivity index (χ1) is 14.6. The van der Waals surface area contributed by atoms with Crippen LogP contribution in [-0.4, -0.2) is 37.6 Å². The Labute approximate surface area is 203 Å². The normalized spacial score (nSPS) is 19.5. The molecule has 6 heteroatoms. The van der Waals surface area contributed by atoms with Gasteiger partial charge in [0.2, 0.25) is 0 Å². The molecule has 4 rings (SSSR count). The van der Waals surface area contributed by atoms with E-state index in [0.717, 1.165) is 44.1 Å². The lowest BCUT2D eigenvalue weighted by atomic mass is 9.86. The summed E-state index contributed by atoms with van der Waals surface area (Å²) in [6.07, 6.45) is 5.79. The molecule has 0 aromatic heterocycles. The Kier molecular flexibility index (Phi) is 8.22. The molecule has 2 aromatic carbocycles. The molecule has 1 saturated carbocycles. The Bertz CT molecular complexity index is 893. The Morgan fingerprint density at radius 3 is 2.58 bits per heavy atom. The van der Waals surface area contributed by atoms with E-state index in [1.165, 1.54) is 29.5 Å². The predicted molar refractivity (Wildman–Crippen MR) is 138 cm³/mol. The third-order valence-electron chi connectivity index (χ3n) is 6.20. The number of hydrogen-bond donors (Lipinski definition) is 2. The Hall–Kier alpha value is -1.80. The third-order valence-corrected chi connectivity index (χ3v) is 6.20. The van der Waals surface area contributed by atoms with Crippen molar-refractivity contribution in [1.82, 2.24) is 15.5 Å². The summed E-state index contributed by atoms with van der Waals surface area (Å²) in [7, 11) is 6.04. The smallest absolute Gasteiger partial charge is 0.191 e. The number of nitrogens with one attached hydrogen (secondary N) is 2. The lowest BCUT2D eigenvalue weighted by Gasteiger charge is -2.40. The molecule has 0 bridgehead atoms. The van der Waals surface area contributed by atoms with E-state index in [1.54, 1.807) is 0 Å². The number of hydrogen-bond acceptors (Lipinski definition) is 3. The molecule has 2 aliphatic rings. The standard InChI is InChI=1S/C25H34N4O.HI/c1-26-24(27-17-19-9-8-10-20(15-19)18-29(2)3)28-22-16-25(13-6-7-14-25)30-23-12-5-4-11-21(22)23;/h4-5,8-12,15,22H,6-7,13-14,16-18H2,1-3H3,(H2,26,27,28);1H. The summed E-state index contributed by atoms with van der Waals surface area (Å²) in [6, 6.07) is 17.4. The molecule has 0 saturated heterocycles. The molecule has 2 N–H and O–H groups in total. The minimum atomic E-state index is -0.0224. The monoisotopic (exact) mass is 534 g/mol. The average Bonchev–Trinajstić information content (AvgIpc) is 3.18. The molecular formula is C25H35IN4O. The van der Waals surface area contributed by atoms with E-state index in [9.17, 15) is 0 Å². The van der Waals surface area contributed by atoms with Crippen LogP contribution in [0.2, 0.25) is 0 Å². The highest BCUT2D eigenvalue weighted by molar-refractivity contribution is 14.0. The SMILES string of the molecule is CN=C(NCc1cccc(CN(C)C)c1)NC1CC2(CCCC2)Oc2ccccc21.I. The summed E-state index contributed by atoms with van der Waals surface area (Å²) >= 11 is 0. The molecule has 31 heavy (non-hydrogen) atoms. The van der Waals surface area contributed by atoms with E-state index in [2.05, 4.69) is 83.2 Å². The zero-order valence-electron chi connectivity index (χ0n) is 18.9. The van der Waals surface area contributed by atoms with Gasteiger partial charge in [0.05, 0.1) is 6.04 Å². The van der Waals surface area contributed by atoms with Gasteiger partial charge in [0.1, 0.15) is 11.4 Å². The number of guanidine groups is 1. The molecular weight excluding hydrogens is 499 g/mol. The summed E-state index contributed by atoms with van der Waals surface area (Å²) < 4.78 is 6.50. The van der Waals surface area contributed by atoms with E-state index in [-0.39, 0.29) is 35.6 Å². The van der Waals surface area contributed by atoms with Crippen molar-refractivity contribution >= 4 is 29.9 Å². The second kappa shape index (κ2) is 10.7. The number of rotatable bonds is 5. The van der Waals surface area contributed by atoms with Gasteiger partial charge in [0, 0.05) is 32.1 Å². The summed E-state index contributed by atoms with van der Waals surface area (Å²) in [4.78, 5) is 6.69. The number of benzene rings is 2. The lowest BCUT2D eigenvalue weighted by Crippen LogP contribution is -2.46. The fourth-order valence-electron chi connectivity index (χ4n) is 4.82. The average molecular weight is 534 g/mol. The van der Waals surface area contributed by atoms with Crippen LogP contribution in [0.5, 0.6) is 5.75 Å². The van der Waals surface area contributed by atoms with Gasteiger partial charge in [0.25, 0.3) is 0 Å². The van der Waals surface area contributed by atoms with Gasteiger partial charge < -0.3 is 20.3 Å². The van der Waals surface area contributed by atoms with Crippen molar-refractivity contribution in [2.24, 2.45) is 4.99 Å². The molecule has 1 aliphatic heterocycles. The first-order valence-corrected chi connectivity index (χ1v) is 11.0. The van der Waals surface area contributed by atoms with Crippen molar-refractivity contribution in [3.8, 4) is 5.75 Å². The van der Waals surface area contributed by atoms with Crippen LogP contribution in [0.4, 0.5) is 0 Å². The quantitative estimate of drug-likeness (QED) is 0.327. The maximum Gasteiger partial charge on any atom is 0.191 e. The zero-order chi connectivity index (χ0) is 21.0. The molecule has 2 aromatic rings. The van der Waals surface area contributed by atoms with Gasteiger partial charge in [0.15, 0.2) is 5.96 Å². The molecule has 0 radical (unpaired) electrons.